The number of amides is 1. The van der Waals surface area contributed by atoms with E-state index < -0.39 is 5.82 Å². The van der Waals surface area contributed by atoms with Gasteiger partial charge in [0.15, 0.2) is 0 Å². The van der Waals surface area contributed by atoms with Gasteiger partial charge in [0.1, 0.15) is 23.9 Å². The van der Waals surface area contributed by atoms with Gasteiger partial charge in [0, 0.05) is 69.8 Å². The molecular weight excluding hydrogens is 601 g/mol. The van der Waals surface area contributed by atoms with Crippen molar-refractivity contribution in [1.82, 2.24) is 14.9 Å². The van der Waals surface area contributed by atoms with Crippen LogP contribution in [-0.4, -0.2) is 53.7 Å². The standard InChI is InChI=1S/C37H32FN3O4S/c1-2-33(42)41-14-12-30-25(23-41)20-24(22-39-30)35-34-27-11-10-26(38)21-32(27)45-18-17-43-15-6-3-7-16-44-31-9-5-4-8-28(31)36(40-35)29-13-19-46-37(29)34/h2-6,8-11,13,19-22H,1,7,12,14-18,23H2/b6-3+. The number of rotatable bonds is 2. The first-order valence-corrected chi connectivity index (χ1v) is 16.2. The monoisotopic (exact) mass is 633 g/mol. The van der Waals surface area contributed by atoms with Gasteiger partial charge in [-0.05, 0) is 59.8 Å². The van der Waals surface area contributed by atoms with E-state index in [0.29, 0.717) is 50.8 Å². The third-order valence-electron chi connectivity index (χ3n) is 8.17. The fourth-order valence-corrected chi connectivity index (χ4v) is 6.91. The Kier molecular flexibility index (Phi) is 8.59. The quantitative estimate of drug-likeness (QED) is 0.147. The highest BCUT2D eigenvalue weighted by Crippen LogP contribution is 2.47. The van der Waals surface area contributed by atoms with Crippen molar-refractivity contribution >= 4 is 27.3 Å². The lowest BCUT2D eigenvalue weighted by atomic mass is 9.94. The molecule has 0 N–H and O–H groups in total. The Morgan fingerprint density at radius 2 is 1.87 bits per heavy atom. The van der Waals surface area contributed by atoms with Crippen molar-refractivity contribution < 1.29 is 23.4 Å². The van der Waals surface area contributed by atoms with Crippen molar-refractivity contribution in [2.75, 3.05) is 33.0 Å². The number of thiophene rings is 1. The Balaban J connectivity index is 1.48. The van der Waals surface area contributed by atoms with Crippen LogP contribution in [0.15, 0.2) is 91.0 Å². The fraction of sp³-hybridized carbons (Fsp3) is 0.216. The number of benzene rings is 2. The van der Waals surface area contributed by atoms with E-state index in [-0.39, 0.29) is 12.5 Å². The molecule has 232 valence electrons. The molecular formula is C37H32FN3O4S. The Hall–Kier alpha value is -4.86. The molecule has 0 atom stereocenters. The number of fused-ring (bicyclic) bond motifs is 5. The van der Waals surface area contributed by atoms with Gasteiger partial charge in [-0.3, -0.25) is 9.78 Å². The summed E-state index contributed by atoms with van der Waals surface area (Å²) in [6.45, 7) is 6.23. The number of nitrogens with zero attached hydrogens (tertiary/aromatic N) is 3. The number of aromatic nitrogens is 2. The Labute approximate surface area is 270 Å². The third-order valence-corrected chi connectivity index (χ3v) is 9.10. The van der Waals surface area contributed by atoms with Crippen LogP contribution in [0.2, 0.25) is 0 Å². The summed E-state index contributed by atoms with van der Waals surface area (Å²) in [6.07, 6.45) is 8.56. The highest BCUT2D eigenvalue weighted by molar-refractivity contribution is 7.18. The average Bonchev–Trinajstić information content (AvgIpc) is 3.58. The summed E-state index contributed by atoms with van der Waals surface area (Å²) in [4.78, 5) is 24.5. The maximum Gasteiger partial charge on any atom is 0.246 e. The molecule has 2 bridgehead atoms. The molecule has 0 spiro atoms. The Morgan fingerprint density at radius 1 is 0.978 bits per heavy atom. The smallest absolute Gasteiger partial charge is 0.246 e. The lowest BCUT2D eigenvalue weighted by Gasteiger charge is -2.27. The van der Waals surface area contributed by atoms with Crippen LogP contribution in [-0.2, 0) is 22.5 Å². The summed E-state index contributed by atoms with van der Waals surface area (Å²) in [5.41, 5.74) is 6.57. The average molecular weight is 634 g/mol. The van der Waals surface area contributed by atoms with Gasteiger partial charge in [0.25, 0.3) is 0 Å². The van der Waals surface area contributed by atoms with Crippen molar-refractivity contribution in [2.45, 2.75) is 19.4 Å². The number of hydrogen-bond donors (Lipinski definition) is 0. The normalized spacial score (nSPS) is 15.8. The lowest BCUT2D eigenvalue weighted by molar-refractivity contribution is -0.126. The second kappa shape index (κ2) is 13.2. The first-order valence-electron chi connectivity index (χ1n) is 15.3. The Morgan fingerprint density at radius 3 is 2.78 bits per heavy atom. The predicted octanol–water partition coefficient (Wildman–Crippen LogP) is 7.64. The van der Waals surface area contributed by atoms with Gasteiger partial charge in [-0.25, -0.2) is 9.37 Å². The van der Waals surface area contributed by atoms with E-state index in [2.05, 4.69) is 18.7 Å². The van der Waals surface area contributed by atoms with Gasteiger partial charge in [-0.2, -0.15) is 0 Å². The number of pyridine rings is 2. The van der Waals surface area contributed by atoms with Crippen LogP contribution < -0.4 is 9.47 Å². The molecule has 5 aromatic rings. The zero-order valence-corrected chi connectivity index (χ0v) is 26.0. The largest absolute Gasteiger partial charge is 0.493 e. The second-order valence-corrected chi connectivity index (χ2v) is 12.0. The number of carbonyl (C=O) groups excluding carboxylic acids is 1. The first kappa shape index (κ1) is 29.8. The number of halogens is 1. The van der Waals surface area contributed by atoms with Crippen molar-refractivity contribution in [1.29, 1.82) is 0 Å². The summed E-state index contributed by atoms with van der Waals surface area (Å²) in [5, 5.41) is 3.00. The molecule has 1 amide bonds. The zero-order chi connectivity index (χ0) is 31.5. The summed E-state index contributed by atoms with van der Waals surface area (Å²) in [5.74, 6) is 0.635. The highest BCUT2D eigenvalue weighted by atomic mass is 32.1. The van der Waals surface area contributed by atoms with Crippen molar-refractivity contribution in [3.8, 4) is 45.1 Å². The van der Waals surface area contributed by atoms with E-state index in [9.17, 15) is 9.18 Å². The molecule has 2 aliphatic rings. The number of hydrogen-bond acceptors (Lipinski definition) is 7. The molecule has 7 rings (SSSR count). The molecule has 0 saturated heterocycles. The minimum Gasteiger partial charge on any atom is -0.493 e. The van der Waals surface area contributed by atoms with Crippen molar-refractivity contribution in [2.24, 2.45) is 0 Å². The van der Waals surface area contributed by atoms with E-state index in [0.717, 1.165) is 61.5 Å². The van der Waals surface area contributed by atoms with Crippen LogP contribution in [0.25, 0.3) is 43.7 Å². The van der Waals surface area contributed by atoms with Crippen LogP contribution in [0.4, 0.5) is 4.39 Å². The van der Waals surface area contributed by atoms with Gasteiger partial charge in [-0.1, -0.05) is 30.9 Å². The maximum absolute atomic E-state index is 14.7. The van der Waals surface area contributed by atoms with Gasteiger partial charge in [-0.15, -0.1) is 11.3 Å². The van der Waals surface area contributed by atoms with Gasteiger partial charge >= 0.3 is 0 Å². The maximum atomic E-state index is 14.7. The van der Waals surface area contributed by atoms with Crippen LogP contribution in [0, 0.1) is 5.82 Å². The van der Waals surface area contributed by atoms with Crippen LogP contribution in [0.3, 0.4) is 0 Å². The summed E-state index contributed by atoms with van der Waals surface area (Å²) < 4.78 is 33.9. The molecule has 0 unspecified atom stereocenters. The summed E-state index contributed by atoms with van der Waals surface area (Å²) in [7, 11) is 0. The molecule has 0 aliphatic carbocycles. The van der Waals surface area contributed by atoms with Gasteiger partial charge < -0.3 is 19.1 Å². The molecule has 2 aromatic carbocycles. The Bertz CT molecular complexity index is 1970. The molecule has 46 heavy (non-hydrogen) atoms. The second-order valence-electron chi connectivity index (χ2n) is 11.1. The molecule has 0 fully saturated rings. The molecule has 2 aliphatic heterocycles. The summed E-state index contributed by atoms with van der Waals surface area (Å²) in [6, 6.07) is 16.7. The van der Waals surface area contributed by atoms with E-state index in [4.69, 9.17) is 24.2 Å². The third kappa shape index (κ3) is 5.91. The molecule has 5 heterocycles. The van der Waals surface area contributed by atoms with E-state index in [1.165, 1.54) is 18.2 Å². The number of carbonyl (C=O) groups is 1. The van der Waals surface area contributed by atoms with Crippen molar-refractivity contribution in [3.05, 3.63) is 108 Å². The minimum absolute atomic E-state index is 0.110. The topological polar surface area (TPSA) is 73.8 Å². The van der Waals surface area contributed by atoms with E-state index in [1.54, 1.807) is 22.3 Å². The van der Waals surface area contributed by atoms with E-state index in [1.807, 2.05) is 48.0 Å². The first-order chi connectivity index (χ1) is 22.6. The molecule has 0 saturated carbocycles. The number of para-hydroxylation sites is 1. The number of ether oxygens (including phenoxy) is 3. The minimum atomic E-state index is -0.396. The lowest BCUT2D eigenvalue weighted by Crippen LogP contribution is -2.35. The van der Waals surface area contributed by atoms with Gasteiger partial charge in [0.05, 0.1) is 31.2 Å². The fourth-order valence-electron chi connectivity index (χ4n) is 5.96. The van der Waals surface area contributed by atoms with Crippen LogP contribution >= 0.6 is 11.3 Å². The van der Waals surface area contributed by atoms with E-state index >= 15 is 0 Å². The molecule has 0 radical (unpaired) electrons. The highest BCUT2D eigenvalue weighted by Gasteiger charge is 2.26. The van der Waals surface area contributed by atoms with Crippen LogP contribution in [0.5, 0.6) is 11.5 Å². The SMILES string of the molecule is C=CC(=O)N1CCc2ncc(-c3nc4c5ccsc5c3-c3ccc(F)cc3OCCOC/C=C/CCOc3ccccc3-4)cc2C1. The van der Waals surface area contributed by atoms with Crippen molar-refractivity contribution in [3.63, 3.8) is 0 Å². The molecule has 3 aromatic heterocycles. The summed E-state index contributed by atoms with van der Waals surface area (Å²) >= 11 is 1.59. The molecule has 9 heteroatoms. The molecule has 7 nitrogen and oxygen atoms in total. The van der Waals surface area contributed by atoms with Gasteiger partial charge in [0.2, 0.25) is 5.91 Å². The zero-order valence-electron chi connectivity index (χ0n) is 25.2. The predicted molar refractivity (Wildman–Crippen MR) is 179 cm³/mol. The van der Waals surface area contributed by atoms with Crippen LogP contribution in [0.1, 0.15) is 17.7 Å².